The molecule has 0 radical (unpaired) electrons. The van der Waals surface area contributed by atoms with Crippen molar-refractivity contribution in [2.75, 3.05) is 19.7 Å². The smallest absolute Gasteiger partial charge is 0.0636 e. The van der Waals surface area contributed by atoms with Crippen LogP contribution in [-0.2, 0) is 4.74 Å². The monoisotopic (exact) mass is 267 g/mol. The summed E-state index contributed by atoms with van der Waals surface area (Å²) < 4.78 is 6.24. The maximum Gasteiger partial charge on any atom is 0.0636 e. The largest absolute Gasteiger partial charge is 0.378 e. The van der Waals surface area contributed by atoms with Crippen molar-refractivity contribution in [1.82, 2.24) is 5.32 Å². The Hall–Kier alpha value is -0.0800. The topological polar surface area (TPSA) is 21.3 Å². The first-order chi connectivity index (χ1) is 8.88. The second kappa shape index (κ2) is 5.73. The van der Waals surface area contributed by atoms with Crippen LogP contribution in [-0.4, -0.2) is 25.8 Å². The van der Waals surface area contributed by atoms with Crippen molar-refractivity contribution in [2.45, 2.75) is 66.4 Å². The summed E-state index contributed by atoms with van der Waals surface area (Å²) in [5.41, 5.74) is 0.899. The van der Waals surface area contributed by atoms with E-state index in [4.69, 9.17) is 4.74 Å². The van der Waals surface area contributed by atoms with Gasteiger partial charge in [-0.2, -0.15) is 0 Å². The van der Waals surface area contributed by atoms with Gasteiger partial charge >= 0.3 is 0 Å². The summed E-state index contributed by atoms with van der Waals surface area (Å²) in [5, 5.41) is 3.49. The van der Waals surface area contributed by atoms with E-state index >= 15 is 0 Å². The zero-order chi connectivity index (χ0) is 14.1. The maximum absolute atomic E-state index is 6.24. The fourth-order valence-corrected chi connectivity index (χ4v) is 4.20. The fourth-order valence-electron chi connectivity index (χ4n) is 4.20. The van der Waals surface area contributed by atoms with E-state index in [9.17, 15) is 0 Å². The van der Waals surface area contributed by atoms with E-state index < -0.39 is 0 Å². The Bertz CT molecular complexity index is 300. The predicted molar refractivity (Wildman–Crippen MR) is 81.3 cm³/mol. The van der Waals surface area contributed by atoms with Crippen LogP contribution in [0.2, 0.25) is 0 Å². The SMILES string of the molecule is CC(C)CNCCCOC1CC2CCC1(C)C2(C)C. The molecule has 0 aromatic heterocycles. The van der Waals surface area contributed by atoms with Crippen LogP contribution in [0.15, 0.2) is 0 Å². The van der Waals surface area contributed by atoms with Gasteiger partial charge in [0.25, 0.3) is 0 Å². The van der Waals surface area contributed by atoms with E-state index in [2.05, 4.69) is 39.9 Å². The molecule has 0 aromatic rings. The third-order valence-electron chi connectivity index (χ3n) is 6.08. The molecule has 1 N–H and O–H groups in total. The van der Waals surface area contributed by atoms with Crippen LogP contribution >= 0.6 is 0 Å². The number of fused-ring (bicyclic) bond motifs is 2. The van der Waals surface area contributed by atoms with Crippen molar-refractivity contribution < 1.29 is 4.74 Å². The van der Waals surface area contributed by atoms with Crippen LogP contribution in [0.1, 0.15) is 60.3 Å². The van der Waals surface area contributed by atoms with Crippen LogP contribution in [0.5, 0.6) is 0 Å². The first-order valence-electron chi connectivity index (χ1n) is 8.20. The number of rotatable bonds is 7. The first-order valence-corrected chi connectivity index (χ1v) is 8.20. The first kappa shape index (κ1) is 15.3. The van der Waals surface area contributed by atoms with E-state index in [1.54, 1.807) is 0 Å². The molecule has 3 unspecified atom stereocenters. The van der Waals surface area contributed by atoms with Gasteiger partial charge in [0.05, 0.1) is 6.10 Å². The van der Waals surface area contributed by atoms with Crippen molar-refractivity contribution in [3.8, 4) is 0 Å². The lowest BCUT2D eigenvalue weighted by Crippen LogP contribution is -2.37. The van der Waals surface area contributed by atoms with E-state index in [1.807, 2.05) is 0 Å². The molecule has 0 aliphatic heterocycles. The quantitative estimate of drug-likeness (QED) is 0.707. The number of ether oxygens (including phenoxy) is 1. The van der Waals surface area contributed by atoms with Crippen LogP contribution < -0.4 is 5.32 Å². The van der Waals surface area contributed by atoms with Crippen LogP contribution in [0.3, 0.4) is 0 Å². The molecule has 2 saturated carbocycles. The summed E-state index contributed by atoms with van der Waals surface area (Å²) in [6.45, 7) is 15.0. The highest BCUT2D eigenvalue weighted by atomic mass is 16.5. The third kappa shape index (κ3) is 2.85. The Morgan fingerprint density at radius 1 is 1.26 bits per heavy atom. The summed E-state index contributed by atoms with van der Waals surface area (Å²) in [4.78, 5) is 0. The molecule has 3 atom stereocenters. The lowest BCUT2D eigenvalue weighted by molar-refractivity contribution is -0.0469. The highest BCUT2D eigenvalue weighted by Gasteiger charge is 2.61. The van der Waals surface area contributed by atoms with Gasteiger partial charge in [-0.25, -0.2) is 0 Å². The molecule has 2 heteroatoms. The average Bonchev–Trinajstić information content (AvgIpc) is 2.66. The van der Waals surface area contributed by atoms with Crippen molar-refractivity contribution in [1.29, 1.82) is 0 Å². The van der Waals surface area contributed by atoms with Gasteiger partial charge in [0.15, 0.2) is 0 Å². The van der Waals surface area contributed by atoms with Crippen LogP contribution in [0.25, 0.3) is 0 Å². The van der Waals surface area contributed by atoms with Crippen molar-refractivity contribution in [3.05, 3.63) is 0 Å². The van der Waals surface area contributed by atoms with Gasteiger partial charge in [-0.05, 0) is 61.4 Å². The summed E-state index contributed by atoms with van der Waals surface area (Å²) >= 11 is 0. The van der Waals surface area contributed by atoms with E-state index in [0.717, 1.165) is 38.0 Å². The van der Waals surface area contributed by atoms with Crippen molar-refractivity contribution >= 4 is 0 Å². The third-order valence-corrected chi connectivity index (χ3v) is 6.08. The molecule has 0 aromatic carbocycles. The van der Waals surface area contributed by atoms with Crippen molar-refractivity contribution in [3.63, 3.8) is 0 Å². The van der Waals surface area contributed by atoms with Gasteiger partial charge < -0.3 is 10.1 Å². The summed E-state index contributed by atoms with van der Waals surface area (Å²) in [6.07, 6.45) is 5.72. The minimum absolute atomic E-state index is 0.420. The number of hydrogen-bond acceptors (Lipinski definition) is 2. The molecule has 112 valence electrons. The van der Waals surface area contributed by atoms with E-state index in [-0.39, 0.29) is 0 Å². The second-order valence-electron chi connectivity index (χ2n) is 7.92. The fraction of sp³-hybridized carbons (Fsp3) is 1.00. The minimum Gasteiger partial charge on any atom is -0.378 e. The van der Waals surface area contributed by atoms with Crippen LogP contribution in [0, 0.1) is 22.7 Å². The summed E-state index contributed by atoms with van der Waals surface area (Å²) in [5.74, 6) is 1.63. The molecule has 2 fully saturated rings. The normalized spacial score (nSPS) is 36.3. The van der Waals surface area contributed by atoms with Gasteiger partial charge in [0, 0.05) is 6.61 Å². The van der Waals surface area contributed by atoms with E-state index in [0.29, 0.717) is 16.9 Å². The van der Waals surface area contributed by atoms with Gasteiger partial charge in [0.1, 0.15) is 0 Å². The number of hydrogen-bond donors (Lipinski definition) is 1. The van der Waals surface area contributed by atoms with Gasteiger partial charge in [-0.15, -0.1) is 0 Å². The predicted octanol–water partition coefficient (Wildman–Crippen LogP) is 3.85. The highest BCUT2D eigenvalue weighted by molar-refractivity contribution is 5.11. The van der Waals surface area contributed by atoms with E-state index in [1.165, 1.54) is 19.3 Å². The molecule has 2 nitrogen and oxygen atoms in total. The molecule has 19 heavy (non-hydrogen) atoms. The average molecular weight is 267 g/mol. The minimum atomic E-state index is 0.420. The zero-order valence-electron chi connectivity index (χ0n) is 13.6. The van der Waals surface area contributed by atoms with Gasteiger partial charge in [-0.3, -0.25) is 0 Å². The molecule has 0 saturated heterocycles. The molecule has 0 spiro atoms. The number of nitrogens with one attached hydrogen (secondary N) is 1. The molecular formula is C17H33NO. The highest BCUT2D eigenvalue weighted by Crippen LogP contribution is 2.66. The standard InChI is InChI=1S/C17H33NO/c1-13(2)12-18-9-6-10-19-15-11-14-7-8-17(15,5)16(14,3)4/h13-15,18H,6-12H2,1-5H3. The Kier molecular flexibility index (Phi) is 4.62. The Labute approximate surface area is 119 Å². The Morgan fingerprint density at radius 3 is 2.53 bits per heavy atom. The van der Waals surface area contributed by atoms with Crippen LogP contribution in [0.4, 0.5) is 0 Å². The summed E-state index contributed by atoms with van der Waals surface area (Å²) in [6, 6.07) is 0. The lowest BCUT2D eigenvalue weighted by Gasteiger charge is -2.39. The zero-order valence-corrected chi connectivity index (χ0v) is 13.6. The maximum atomic E-state index is 6.24. The molecule has 2 rings (SSSR count). The molecule has 2 bridgehead atoms. The van der Waals surface area contributed by atoms with Crippen molar-refractivity contribution in [2.24, 2.45) is 22.7 Å². The Balaban J connectivity index is 1.68. The molecule has 2 aliphatic rings. The molecule has 2 aliphatic carbocycles. The lowest BCUT2D eigenvalue weighted by atomic mass is 9.70. The second-order valence-corrected chi connectivity index (χ2v) is 7.92. The molecular weight excluding hydrogens is 234 g/mol. The molecule has 0 amide bonds. The Morgan fingerprint density at radius 2 is 2.00 bits per heavy atom. The van der Waals surface area contributed by atoms with Gasteiger partial charge in [0.2, 0.25) is 0 Å². The van der Waals surface area contributed by atoms with Gasteiger partial charge in [-0.1, -0.05) is 34.6 Å². The summed E-state index contributed by atoms with van der Waals surface area (Å²) in [7, 11) is 0. The molecule has 0 heterocycles.